The second kappa shape index (κ2) is 5.78. The van der Waals surface area contributed by atoms with Crippen LogP contribution >= 0.6 is 15.9 Å². The minimum absolute atomic E-state index is 0.0717. The van der Waals surface area contributed by atoms with Crippen LogP contribution in [0, 0.1) is 12.8 Å². The van der Waals surface area contributed by atoms with Gasteiger partial charge >= 0.3 is 0 Å². The van der Waals surface area contributed by atoms with Crippen LogP contribution in [0.2, 0.25) is 0 Å². The summed E-state index contributed by atoms with van der Waals surface area (Å²) < 4.78 is 2.64. The zero-order valence-electron chi connectivity index (χ0n) is 10.8. The Kier molecular flexibility index (Phi) is 4.89. The number of hydrogen-bond acceptors (Lipinski definition) is 3. The molecule has 0 aromatic carbocycles. The molecule has 1 rings (SSSR count). The van der Waals surface area contributed by atoms with Gasteiger partial charge in [0.1, 0.15) is 0 Å². The number of nitrogens with two attached hydrogens (primary N) is 1. The largest absolute Gasteiger partial charge is 0.321 e. The van der Waals surface area contributed by atoms with Crippen LogP contribution < -0.4 is 5.73 Å². The highest BCUT2D eigenvalue weighted by atomic mass is 79.9. The van der Waals surface area contributed by atoms with Crippen molar-refractivity contribution in [1.29, 1.82) is 0 Å². The number of carbonyl (C=O) groups is 1. The predicted molar refractivity (Wildman–Crippen MR) is 71.8 cm³/mol. The van der Waals surface area contributed by atoms with E-state index < -0.39 is 0 Å². The van der Waals surface area contributed by atoms with Crippen LogP contribution in [0.1, 0.15) is 31.7 Å². The molecular weight excluding hydrogens is 282 g/mol. The van der Waals surface area contributed by atoms with E-state index in [1.807, 2.05) is 14.0 Å². The Morgan fingerprint density at radius 1 is 1.53 bits per heavy atom. The normalized spacial score (nSPS) is 13.1. The second-order valence-corrected chi connectivity index (χ2v) is 5.64. The third kappa shape index (κ3) is 3.64. The van der Waals surface area contributed by atoms with E-state index in [-0.39, 0.29) is 11.8 Å². The van der Waals surface area contributed by atoms with E-state index >= 15 is 0 Å². The van der Waals surface area contributed by atoms with Crippen LogP contribution in [-0.2, 0) is 18.3 Å². The lowest BCUT2D eigenvalue weighted by Gasteiger charge is -2.13. The van der Waals surface area contributed by atoms with E-state index in [9.17, 15) is 4.79 Å². The van der Waals surface area contributed by atoms with Crippen LogP contribution in [0.3, 0.4) is 0 Å². The van der Waals surface area contributed by atoms with Crippen LogP contribution in [0.25, 0.3) is 0 Å². The number of nitrogens with zero attached hydrogens (tertiary/aromatic N) is 2. The maximum atomic E-state index is 12.0. The van der Waals surface area contributed by atoms with Gasteiger partial charge in [0.15, 0.2) is 5.78 Å². The minimum Gasteiger partial charge on any atom is -0.321 e. The molecule has 1 atom stereocenters. The van der Waals surface area contributed by atoms with Crippen LogP contribution in [-0.4, -0.2) is 21.6 Å². The molecule has 0 spiro atoms. The highest BCUT2D eigenvalue weighted by Gasteiger charge is 2.19. The molecule has 2 N–H and O–H groups in total. The fourth-order valence-corrected chi connectivity index (χ4v) is 2.28. The molecule has 5 heteroatoms. The highest BCUT2D eigenvalue weighted by Crippen LogP contribution is 2.21. The Morgan fingerprint density at radius 2 is 2.12 bits per heavy atom. The first kappa shape index (κ1) is 14.4. The summed E-state index contributed by atoms with van der Waals surface area (Å²) in [5.41, 5.74) is 7.67. The summed E-state index contributed by atoms with van der Waals surface area (Å²) in [4.78, 5) is 12.0. The topological polar surface area (TPSA) is 60.9 Å². The monoisotopic (exact) mass is 301 g/mol. The molecule has 0 radical (unpaired) electrons. The van der Waals surface area contributed by atoms with E-state index in [0.29, 0.717) is 12.3 Å². The Balaban J connectivity index is 2.74. The van der Waals surface area contributed by atoms with Crippen molar-refractivity contribution in [2.75, 3.05) is 0 Å². The van der Waals surface area contributed by atoms with Gasteiger partial charge in [-0.1, -0.05) is 13.8 Å². The van der Waals surface area contributed by atoms with Crippen LogP contribution in [0.4, 0.5) is 0 Å². The molecule has 1 heterocycles. The molecular formula is C12H20BrN3O. The van der Waals surface area contributed by atoms with E-state index in [0.717, 1.165) is 22.3 Å². The van der Waals surface area contributed by atoms with Gasteiger partial charge in [-0.2, -0.15) is 5.10 Å². The van der Waals surface area contributed by atoms with Gasteiger partial charge in [-0.25, -0.2) is 0 Å². The predicted octanol–water partition coefficient (Wildman–Crippen LogP) is 1.98. The third-order valence-electron chi connectivity index (χ3n) is 2.74. The SMILES string of the molecule is Cc1nn(C)c(CC(=O)C(N)CC(C)C)c1Br. The van der Waals surface area contributed by atoms with E-state index in [1.54, 1.807) is 4.68 Å². The zero-order valence-corrected chi connectivity index (χ0v) is 12.4. The molecule has 0 aliphatic carbocycles. The first-order chi connectivity index (χ1) is 7.82. The molecule has 4 nitrogen and oxygen atoms in total. The lowest BCUT2D eigenvalue weighted by Crippen LogP contribution is -2.33. The first-order valence-corrected chi connectivity index (χ1v) is 6.58. The highest BCUT2D eigenvalue weighted by molar-refractivity contribution is 9.10. The molecule has 0 saturated carbocycles. The van der Waals surface area contributed by atoms with Gasteiger partial charge in [-0.05, 0) is 35.2 Å². The number of rotatable bonds is 5. The molecule has 1 unspecified atom stereocenters. The van der Waals surface area contributed by atoms with Crippen molar-refractivity contribution >= 4 is 21.7 Å². The minimum atomic E-state index is -0.378. The average molecular weight is 302 g/mol. The van der Waals surface area contributed by atoms with Gasteiger partial charge in [0, 0.05) is 7.05 Å². The van der Waals surface area contributed by atoms with E-state index in [4.69, 9.17) is 5.73 Å². The third-order valence-corrected chi connectivity index (χ3v) is 3.77. The molecule has 0 bridgehead atoms. The first-order valence-electron chi connectivity index (χ1n) is 5.79. The van der Waals surface area contributed by atoms with Crippen molar-refractivity contribution in [3.05, 3.63) is 15.9 Å². The number of aromatic nitrogens is 2. The van der Waals surface area contributed by atoms with Gasteiger partial charge in [-0.3, -0.25) is 9.48 Å². The molecule has 1 aromatic heterocycles. The smallest absolute Gasteiger partial charge is 0.155 e. The molecule has 17 heavy (non-hydrogen) atoms. The summed E-state index contributed by atoms with van der Waals surface area (Å²) in [5, 5.41) is 4.26. The van der Waals surface area contributed by atoms with Crippen LogP contribution in [0.5, 0.6) is 0 Å². The van der Waals surface area contributed by atoms with Crippen molar-refractivity contribution in [3.63, 3.8) is 0 Å². The van der Waals surface area contributed by atoms with Crippen molar-refractivity contribution in [3.8, 4) is 0 Å². The Labute approximate surface area is 111 Å². The molecule has 0 aliphatic rings. The summed E-state index contributed by atoms with van der Waals surface area (Å²) in [6, 6.07) is -0.378. The number of carbonyl (C=O) groups excluding carboxylic acids is 1. The number of ketones is 1. The van der Waals surface area contributed by atoms with Gasteiger partial charge in [-0.15, -0.1) is 0 Å². The zero-order chi connectivity index (χ0) is 13.2. The van der Waals surface area contributed by atoms with Gasteiger partial charge < -0.3 is 5.73 Å². The Bertz CT molecular complexity index is 412. The second-order valence-electron chi connectivity index (χ2n) is 4.85. The molecule has 0 saturated heterocycles. The molecule has 0 amide bonds. The van der Waals surface area contributed by atoms with Crippen molar-refractivity contribution in [1.82, 2.24) is 9.78 Å². The van der Waals surface area contributed by atoms with Crippen molar-refractivity contribution < 1.29 is 4.79 Å². The summed E-state index contributed by atoms with van der Waals surface area (Å²) in [6.45, 7) is 6.04. The maximum Gasteiger partial charge on any atom is 0.155 e. The van der Waals surface area contributed by atoms with Crippen LogP contribution in [0.15, 0.2) is 4.47 Å². The standard InChI is InChI=1S/C12H20BrN3O/c1-7(2)5-9(14)11(17)6-10-12(13)8(3)15-16(10)4/h7,9H,5-6,14H2,1-4H3. The quantitative estimate of drug-likeness (QED) is 0.904. The number of halogens is 1. The summed E-state index contributed by atoms with van der Waals surface area (Å²) >= 11 is 3.45. The summed E-state index contributed by atoms with van der Waals surface area (Å²) in [5.74, 6) is 0.507. The number of aryl methyl sites for hydroxylation is 2. The lowest BCUT2D eigenvalue weighted by molar-refractivity contribution is -0.120. The Morgan fingerprint density at radius 3 is 2.53 bits per heavy atom. The maximum absolute atomic E-state index is 12.0. The number of Topliss-reactive ketones (excluding diaryl/α,β-unsaturated/α-hetero) is 1. The number of hydrogen-bond donors (Lipinski definition) is 1. The Hall–Kier alpha value is -0.680. The fraction of sp³-hybridized carbons (Fsp3) is 0.667. The summed E-state index contributed by atoms with van der Waals surface area (Å²) in [7, 11) is 1.84. The summed E-state index contributed by atoms with van der Waals surface area (Å²) in [6.07, 6.45) is 1.07. The average Bonchev–Trinajstić information content (AvgIpc) is 2.44. The molecule has 96 valence electrons. The molecule has 0 aliphatic heterocycles. The van der Waals surface area contributed by atoms with E-state index in [2.05, 4.69) is 34.9 Å². The molecule has 1 aromatic rings. The lowest BCUT2D eigenvalue weighted by atomic mass is 9.98. The van der Waals surface area contributed by atoms with Gasteiger partial charge in [0.2, 0.25) is 0 Å². The van der Waals surface area contributed by atoms with Gasteiger partial charge in [0.05, 0.1) is 28.3 Å². The van der Waals surface area contributed by atoms with Crippen molar-refractivity contribution in [2.45, 2.75) is 39.7 Å². The van der Waals surface area contributed by atoms with Crippen molar-refractivity contribution in [2.24, 2.45) is 18.7 Å². The molecule has 0 fully saturated rings. The van der Waals surface area contributed by atoms with Gasteiger partial charge in [0.25, 0.3) is 0 Å². The fourth-order valence-electron chi connectivity index (χ4n) is 1.81. The van der Waals surface area contributed by atoms with E-state index in [1.165, 1.54) is 0 Å².